The zero-order valence-electron chi connectivity index (χ0n) is 23.0. The first-order chi connectivity index (χ1) is 19.1. The molecule has 0 bridgehead atoms. The molecule has 0 N–H and O–H groups in total. The van der Waals surface area contributed by atoms with E-state index in [-0.39, 0.29) is 61.7 Å². The molecule has 15 heteroatoms. The predicted octanol–water partition coefficient (Wildman–Crippen LogP) is 3.64. The van der Waals surface area contributed by atoms with E-state index in [9.17, 15) is 28.8 Å². The predicted molar refractivity (Wildman–Crippen MR) is 149 cm³/mol. The number of rotatable bonds is 19. The summed E-state index contributed by atoms with van der Waals surface area (Å²) in [5.41, 5.74) is 8.07. The minimum Gasteiger partial charge on any atom is -0.381 e. The smallest absolute Gasteiger partial charge is 0.333 e. The molecule has 0 aromatic rings. The number of unbranched alkanes of at least 4 members (excludes halogenated alkanes) is 1. The molecule has 2 rings (SSSR count). The summed E-state index contributed by atoms with van der Waals surface area (Å²) >= 11 is 0. The minimum atomic E-state index is -0.657. The van der Waals surface area contributed by atoms with Crippen molar-refractivity contribution in [3.05, 3.63) is 10.4 Å². The average Bonchev–Trinajstić information content (AvgIpc) is 3.57. The summed E-state index contributed by atoms with van der Waals surface area (Å²) in [6, 6.07) is 0. The summed E-state index contributed by atoms with van der Waals surface area (Å²) in [6.07, 6.45) is 2.79. The third kappa shape index (κ3) is 16.0. The molecule has 0 atom stereocenters. The number of imide groups is 1. The van der Waals surface area contributed by atoms with Crippen molar-refractivity contribution in [1.82, 2.24) is 5.06 Å². The fourth-order valence-corrected chi connectivity index (χ4v) is 6.07. The molecule has 2 saturated heterocycles. The van der Waals surface area contributed by atoms with Crippen LogP contribution in [0.4, 0.5) is 0 Å². The Morgan fingerprint density at radius 3 is 2.25 bits per heavy atom. The van der Waals surface area contributed by atoms with Gasteiger partial charge >= 0.3 is 5.97 Å². The van der Waals surface area contributed by atoms with Gasteiger partial charge < -0.3 is 14.3 Å². The van der Waals surface area contributed by atoms with E-state index in [1.807, 2.05) is 0 Å². The van der Waals surface area contributed by atoms with E-state index < -0.39 is 17.8 Å². The lowest BCUT2D eigenvalue weighted by atomic mass is 10.0. The van der Waals surface area contributed by atoms with Gasteiger partial charge in [0, 0.05) is 73.5 Å². The third-order valence-corrected chi connectivity index (χ3v) is 8.18. The molecule has 40 heavy (non-hydrogen) atoms. The standard InChI is InChI=1S/C13H21N3O4S2.C12H17NO5/c14-16-15-4-6-19-5-2-1-3-12(17)7-20-8-13(18)11-9-21-22-10-11;1-8(2)9(14)4-3-5-12(17)18-13-10(15)6-7-11(13)16/h11H,1-10H2;8H,3-7H2,1-2H3. The van der Waals surface area contributed by atoms with Gasteiger partial charge in [-0.2, -0.15) is 0 Å². The van der Waals surface area contributed by atoms with Crippen LogP contribution in [0.3, 0.4) is 0 Å². The maximum absolute atomic E-state index is 11.7. The van der Waals surface area contributed by atoms with Gasteiger partial charge in [-0.15, -0.1) is 5.06 Å². The lowest BCUT2D eigenvalue weighted by Crippen LogP contribution is -2.32. The summed E-state index contributed by atoms with van der Waals surface area (Å²) < 4.78 is 10.4. The maximum Gasteiger partial charge on any atom is 0.333 e. The van der Waals surface area contributed by atoms with E-state index in [2.05, 4.69) is 14.9 Å². The first-order valence-corrected chi connectivity index (χ1v) is 15.7. The van der Waals surface area contributed by atoms with Crippen LogP contribution >= 0.6 is 21.6 Å². The average molecular weight is 603 g/mol. The van der Waals surface area contributed by atoms with E-state index in [1.54, 1.807) is 35.4 Å². The number of Topliss-reactive ketones (excluding diaryl/α,β-unsaturated/α-hetero) is 3. The van der Waals surface area contributed by atoms with Crippen LogP contribution in [-0.2, 0) is 43.1 Å². The Kier molecular flexibility index (Phi) is 19.0. The van der Waals surface area contributed by atoms with Crippen molar-refractivity contribution < 1.29 is 43.1 Å². The number of hydrogen-bond acceptors (Lipinski definition) is 12. The largest absolute Gasteiger partial charge is 0.381 e. The Morgan fingerprint density at radius 1 is 0.950 bits per heavy atom. The molecule has 0 radical (unpaired) electrons. The molecule has 0 aromatic heterocycles. The van der Waals surface area contributed by atoms with E-state index >= 15 is 0 Å². The molecule has 2 aliphatic rings. The molecular formula is C25H38N4O9S2. The van der Waals surface area contributed by atoms with Crippen LogP contribution in [-0.4, -0.2) is 84.7 Å². The van der Waals surface area contributed by atoms with Crippen molar-refractivity contribution in [2.45, 2.75) is 65.2 Å². The number of hydrogen-bond donors (Lipinski definition) is 0. The molecule has 13 nitrogen and oxygen atoms in total. The minimum absolute atomic E-state index is 0.0104. The zero-order chi connectivity index (χ0) is 29.8. The fraction of sp³-hybridized carbons (Fsp3) is 0.760. The highest BCUT2D eigenvalue weighted by atomic mass is 33.1. The normalized spacial score (nSPS) is 15.0. The van der Waals surface area contributed by atoms with Gasteiger partial charge in [-0.25, -0.2) is 4.79 Å². The van der Waals surface area contributed by atoms with Crippen LogP contribution in [0.15, 0.2) is 5.11 Å². The highest BCUT2D eigenvalue weighted by molar-refractivity contribution is 8.77. The quantitative estimate of drug-likeness (QED) is 0.0525. The number of carbonyl (C=O) groups excluding carboxylic acids is 6. The monoisotopic (exact) mass is 602 g/mol. The summed E-state index contributed by atoms with van der Waals surface area (Å²) in [5.74, 6) is 0.261. The van der Waals surface area contributed by atoms with Crippen molar-refractivity contribution in [2.24, 2.45) is 17.0 Å². The number of nitrogens with zero attached hydrogens (tertiary/aromatic N) is 4. The third-order valence-electron chi connectivity index (χ3n) is 5.62. The molecule has 0 saturated carbocycles. The van der Waals surface area contributed by atoms with Gasteiger partial charge in [-0.05, 0) is 24.8 Å². The van der Waals surface area contributed by atoms with Gasteiger partial charge in [0.2, 0.25) is 0 Å². The van der Waals surface area contributed by atoms with Crippen LogP contribution in [0, 0.1) is 11.8 Å². The summed E-state index contributed by atoms with van der Waals surface area (Å²) in [6.45, 7) is 4.92. The molecule has 0 spiro atoms. The lowest BCUT2D eigenvalue weighted by molar-refractivity contribution is -0.197. The van der Waals surface area contributed by atoms with Crippen LogP contribution in [0.2, 0.25) is 0 Å². The van der Waals surface area contributed by atoms with Crippen molar-refractivity contribution in [3.8, 4) is 0 Å². The van der Waals surface area contributed by atoms with E-state index in [1.165, 1.54) is 0 Å². The Bertz CT molecular complexity index is 904. The second kappa shape index (κ2) is 21.3. The van der Waals surface area contributed by atoms with Crippen molar-refractivity contribution in [2.75, 3.05) is 44.5 Å². The molecule has 0 aliphatic carbocycles. The second-order valence-electron chi connectivity index (χ2n) is 9.31. The van der Waals surface area contributed by atoms with Crippen LogP contribution < -0.4 is 0 Å². The Balaban J connectivity index is 0.000000408. The van der Waals surface area contributed by atoms with E-state index in [0.29, 0.717) is 44.1 Å². The molecule has 224 valence electrons. The number of hydroxylamine groups is 2. The molecule has 2 heterocycles. The lowest BCUT2D eigenvalue weighted by Gasteiger charge is -2.12. The topological polar surface area (TPSA) is 182 Å². The second-order valence-corrected chi connectivity index (χ2v) is 11.9. The number of ether oxygens (including phenoxy) is 2. The van der Waals surface area contributed by atoms with E-state index in [0.717, 1.165) is 24.3 Å². The molecule has 2 fully saturated rings. The van der Waals surface area contributed by atoms with Crippen molar-refractivity contribution >= 4 is 56.7 Å². The van der Waals surface area contributed by atoms with Crippen LogP contribution in [0.25, 0.3) is 10.4 Å². The number of amides is 2. The zero-order valence-corrected chi connectivity index (χ0v) is 24.7. The number of azide groups is 1. The molecular weight excluding hydrogens is 564 g/mol. The SMILES string of the molecule is CC(C)C(=O)CCCC(=O)ON1C(=O)CCC1=O.[N-]=[N+]=NCCOCCCCC(=O)COCC(=O)C1CSSC1. The first-order valence-electron chi connectivity index (χ1n) is 13.2. The summed E-state index contributed by atoms with van der Waals surface area (Å²) in [4.78, 5) is 75.6. The Labute approximate surface area is 241 Å². The highest BCUT2D eigenvalue weighted by Gasteiger charge is 2.32. The first kappa shape index (κ1) is 35.6. The van der Waals surface area contributed by atoms with Gasteiger partial charge in [0.1, 0.15) is 19.0 Å². The Morgan fingerprint density at radius 2 is 1.62 bits per heavy atom. The molecule has 2 amide bonds. The summed E-state index contributed by atoms with van der Waals surface area (Å²) in [7, 11) is 3.42. The van der Waals surface area contributed by atoms with Crippen molar-refractivity contribution in [1.29, 1.82) is 0 Å². The molecule has 0 unspecified atom stereocenters. The van der Waals surface area contributed by atoms with Gasteiger partial charge in [-0.3, -0.25) is 24.0 Å². The molecule has 2 aliphatic heterocycles. The Hall–Kier alpha value is -2.45. The van der Waals surface area contributed by atoms with Crippen LogP contribution in [0.1, 0.15) is 65.2 Å². The summed E-state index contributed by atoms with van der Waals surface area (Å²) in [5, 5.41) is 3.87. The van der Waals surface area contributed by atoms with Gasteiger partial charge in [0.25, 0.3) is 11.8 Å². The maximum atomic E-state index is 11.7. The number of ketones is 3. The number of carbonyl (C=O) groups is 6. The van der Waals surface area contributed by atoms with Gasteiger partial charge in [0.05, 0.1) is 6.61 Å². The fourth-order valence-electron chi connectivity index (χ4n) is 3.23. The van der Waals surface area contributed by atoms with E-state index in [4.69, 9.17) is 15.0 Å². The van der Waals surface area contributed by atoms with Crippen LogP contribution in [0.5, 0.6) is 0 Å². The molecule has 0 aromatic carbocycles. The van der Waals surface area contributed by atoms with Gasteiger partial charge in [0.15, 0.2) is 11.6 Å². The van der Waals surface area contributed by atoms with Crippen molar-refractivity contribution in [3.63, 3.8) is 0 Å². The highest BCUT2D eigenvalue weighted by Crippen LogP contribution is 2.34. The van der Waals surface area contributed by atoms with Gasteiger partial charge in [-0.1, -0.05) is 40.5 Å².